The van der Waals surface area contributed by atoms with Gasteiger partial charge in [0, 0.05) is 0 Å². The lowest BCUT2D eigenvalue weighted by atomic mass is 10.2. The van der Waals surface area contributed by atoms with Crippen LogP contribution >= 0.6 is 0 Å². The third kappa shape index (κ3) is 4.93. The van der Waals surface area contributed by atoms with Crippen molar-refractivity contribution in [2.45, 2.75) is 64.6 Å². The second-order valence-electron chi connectivity index (χ2n) is 9.32. The Morgan fingerprint density at radius 2 is 1.58 bits per heavy atom. The normalized spacial score (nSPS) is 19.7. The number of ether oxygens (including phenoxy) is 3. The zero-order valence-corrected chi connectivity index (χ0v) is 20.4. The third-order valence-electron chi connectivity index (χ3n) is 5.61. The zero-order chi connectivity index (χ0) is 22.7. The van der Waals surface area contributed by atoms with E-state index in [0.717, 1.165) is 10.4 Å². The van der Waals surface area contributed by atoms with E-state index in [1.54, 1.807) is 6.92 Å². The molecule has 1 aliphatic heterocycles. The Labute approximate surface area is 186 Å². The molecule has 6 heteroatoms. The van der Waals surface area contributed by atoms with Crippen molar-refractivity contribution < 1.29 is 23.4 Å². The number of hydrogen-bond donors (Lipinski definition) is 0. The number of carbonyl (C=O) groups excluding carboxylic acids is 1. The topological polar surface area (TPSA) is 54.0 Å². The first-order chi connectivity index (χ1) is 14.6. The SMILES string of the molecule is CCOC(=O)[C@H](O[Si](c1ccccc1)(c1ccccc1)C(C)(C)C)[C@@H]1COC(C)(C)O1. The molecule has 0 N–H and O–H groups in total. The molecule has 31 heavy (non-hydrogen) atoms. The molecule has 1 heterocycles. The number of carbonyl (C=O) groups is 1. The maximum atomic E-state index is 13.1. The summed E-state index contributed by atoms with van der Waals surface area (Å²) in [6, 6.07) is 20.5. The molecule has 0 bridgehead atoms. The standard InChI is InChI=1S/C25H34O5Si/c1-7-27-23(26)22(21-18-28-25(5,6)29-21)30-31(24(2,3)4,19-14-10-8-11-15-19)20-16-12-9-13-17-20/h8-17,21-22H,7,18H2,1-6H3/t21-,22+/m0/s1. The molecule has 0 unspecified atom stereocenters. The molecule has 0 aromatic heterocycles. The van der Waals surface area contributed by atoms with Crippen LogP contribution in [0.1, 0.15) is 41.5 Å². The van der Waals surface area contributed by atoms with Crippen molar-refractivity contribution in [1.29, 1.82) is 0 Å². The molecule has 2 aromatic carbocycles. The van der Waals surface area contributed by atoms with E-state index in [1.807, 2.05) is 50.2 Å². The molecule has 1 aliphatic rings. The lowest BCUT2D eigenvalue weighted by Gasteiger charge is -2.45. The van der Waals surface area contributed by atoms with Gasteiger partial charge < -0.3 is 18.6 Å². The Bertz CT molecular complexity index is 821. The van der Waals surface area contributed by atoms with Gasteiger partial charge in [-0.2, -0.15) is 0 Å². The lowest BCUT2D eigenvalue weighted by molar-refractivity contribution is -0.170. The molecular weight excluding hydrogens is 408 g/mol. The zero-order valence-electron chi connectivity index (χ0n) is 19.4. The molecule has 3 rings (SSSR count). The fraction of sp³-hybridized carbons (Fsp3) is 0.480. The smallest absolute Gasteiger partial charge is 0.336 e. The molecule has 0 saturated carbocycles. The summed E-state index contributed by atoms with van der Waals surface area (Å²) in [5.74, 6) is -1.19. The summed E-state index contributed by atoms with van der Waals surface area (Å²) in [6.45, 7) is 12.6. The minimum Gasteiger partial charge on any atom is -0.464 e. The number of rotatable bonds is 7. The van der Waals surface area contributed by atoms with Gasteiger partial charge in [0.15, 0.2) is 11.9 Å². The fourth-order valence-corrected chi connectivity index (χ4v) is 8.89. The highest BCUT2D eigenvalue weighted by Crippen LogP contribution is 2.39. The lowest BCUT2D eigenvalue weighted by Crippen LogP contribution is -2.69. The van der Waals surface area contributed by atoms with Crippen molar-refractivity contribution in [2.24, 2.45) is 0 Å². The molecule has 168 valence electrons. The van der Waals surface area contributed by atoms with E-state index in [1.165, 1.54) is 0 Å². The average Bonchev–Trinajstić information content (AvgIpc) is 3.09. The van der Waals surface area contributed by atoms with Crippen molar-refractivity contribution >= 4 is 24.7 Å². The van der Waals surface area contributed by atoms with E-state index in [-0.39, 0.29) is 18.3 Å². The van der Waals surface area contributed by atoms with Crippen LogP contribution in [0.5, 0.6) is 0 Å². The van der Waals surface area contributed by atoms with Gasteiger partial charge in [0.25, 0.3) is 8.32 Å². The van der Waals surface area contributed by atoms with Crippen molar-refractivity contribution in [1.82, 2.24) is 0 Å². The predicted octanol–water partition coefficient (Wildman–Crippen LogP) is 3.65. The Balaban J connectivity index is 2.16. The maximum Gasteiger partial charge on any atom is 0.336 e. The first-order valence-corrected chi connectivity index (χ1v) is 12.8. The summed E-state index contributed by atoms with van der Waals surface area (Å²) < 4.78 is 24.3. The van der Waals surface area contributed by atoms with Crippen LogP contribution in [0.4, 0.5) is 0 Å². The van der Waals surface area contributed by atoms with E-state index in [4.69, 9.17) is 18.6 Å². The molecule has 1 saturated heterocycles. The van der Waals surface area contributed by atoms with E-state index >= 15 is 0 Å². The van der Waals surface area contributed by atoms with Crippen molar-refractivity contribution in [2.75, 3.05) is 13.2 Å². The van der Waals surface area contributed by atoms with Crippen LogP contribution in [0.3, 0.4) is 0 Å². The van der Waals surface area contributed by atoms with Crippen molar-refractivity contribution in [3.05, 3.63) is 60.7 Å². The summed E-state index contributed by atoms with van der Waals surface area (Å²) in [5, 5.41) is 1.93. The highest BCUT2D eigenvalue weighted by atomic mass is 28.4. The quantitative estimate of drug-likeness (QED) is 0.484. The Morgan fingerprint density at radius 1 is 1.06 bits per heavy atom. The minimum absolute atomic E-state index is 0.268. The summed E-state index contributed by atoms with van der Waals surface area (Å²) in [4.78, 5) is 13.1. The first-order valence-electron chi connectivity index (χ1n) is 10.9. The summed E-state index contributed by atoms with van der Waals surface area (Å²) in [5.41, 5.74) is 0. The Kier molecular flexibility index (Phi) is 7.06. The summed E-state index contributed by atoms with van der Waals surface area (Å²) in [7, 11) is -2.95. The molecular formula is C25H34O5Si. The number of benzene rings is 2. The van der Waals surface area contributed by atoms with Crippen molar-refractivity contribution in [3.63, 3.8) is 0 Å². The number of hydrogen-bond acceptors (Lipinski definition) is 5. The average molecular weight is 443 g/mol. The van der Waals surface area contributed by atoms with E-state index in [2.05, 4.69) is 45.0 Å². The molecule has 2 aromatic rings. The summed E-state index contributed by atoms with van der Waals surface area (Å²) in [6.07, 6.45) is -1.44. The van der Waals surface area contributed by atoms with Gasteiger partial charge in [-0.3, -0.25) is 0 Å². The maximum absolute atomic E-state index is 13.1. The monoisotopic (exact) mass is 442 g/mol. The molecule has 0 spiro atoms. The molecule has 1 fully saturated rings. The van der Waals surface area contributed by atoms with Crippen LogP contribution in [-0.4, -0.2) is 45.5 Å². The van der Waals surface area contributed by atoms with Gasteiger partial charge >= 0.3 is 5.97 Å². The van der Waals surface area contributed by atoms with Crippen LogP contribution in [0.15, 0.2) is 60.7 Å². The number of esters is 1. The van der Waals surface area contributed by atoms with Crippen molar-refractivity contribution in [3.8, 4) is 0 Å². The van der Waals surface area contributed by atoms with Gasteiger partial charge in [0.2, 0.25) is 0 Å². The predicted molar refractivity (Wildman–Crippen MR) is 124 cm³/mol. The Morgan fingerprint density at radius 3 is 1.97 bits per heavy atom. The second-order valence-corrected chi connectivity index (χ2v) is 13.6. The molecule has 0 aliphatic carbocycles. The molecule has 2 atom stereocenters. The largest absolute Gasteiger partial charge is 0.464 e. The molecule has 0 radical (unpaired) electrons. The fourth-order valence-electron chi connectivity index (χ4n) is 4.25. The van der Waals surface area contributed by atoms with Gasteiger partial charge in [0.1, 0.15) is 6.10 Å². The van der Waals surface area contributed by atoms with Gasteiger partial charge in [-0.25, -0.2) is 4.79 Å². The highest BCUT2D eigenvalue weighted by molar-refractivity contribution is 6.99. The van der Waals surface area contributed by atoms with E-state index in [0.29, 0.717) is 0 Å². The second kappa shape index (κ2) is 9.24. The van der Waals surface area contributed by atoms with E-state index < -0.39 is 32.3 Å². The first kappa shape index (κ1) is 23.7. The van der Waals surface area contributed by atoms with Crippen LogP contribution in [-0.2, 0) is 23.4 Å². The van der Waals surface area contributed by atoms with E-state index in [9.17, 15) is 4.79 Å². The van der Waals surface area contributed by atoms with Crippen LogP contribution < -0.4 is 10.4 Å². The van der Waals surface area contributed by atoms with Crippen LogP contribution in [0, 0.1) is 0 Å². The Hall–Kier alpha value is -1.99. The van der Waals surface area contributed by atoms with Gasteiger partial charge in [-0.1, -0.05) is 81.4 Å². The highest BCUT2D eigenvalue weighted by Gasteiger charge is 2.55. The van der Waals surface area contributed by atoms with Crippen LogP contribution in [0.25, 0.3) is 0 Å². The van der Waals surface area contributed by atoms with Gasteiger partial charge in [-0.15, -0.1) is 0 Å². The molecule has 5 nitrogen and oxygen atoms in total. The van der Waals surface area contributed by atoms with Crippen LogP contribution in [0.2, 0.25) is 5.04 Å². The third-order valence-corrected chi connectivity index (χ3v) is 10.6. The minimum atomic E-state index is -2.95. The molecule has 0 amide bonds. The van der Waals surface area contributed by atoms with Gasteiger partial charge in [0.05, 0.1) is 13.2 Å². The summed E-state index contributed by atoms with van der Waals surface area (Å²) >= 11 is 0. The van der Waals surface area contributed by atoms with Gasteiger partial charge in [-0.05, 0) is 36.2 Å².